The van der Waals surface area contributed by atoms with E-state index in [0.717, 1.165) is 11.1 Å². The van der Waals surface area contributed by atoms with Crippen molar-refractivity contribution in [2.24, 2.45) is 0 Å². The molecule has 0 atom stereocenters. The van der Waals surface area contributed by atoms with Gasteiger partial charge >= 0.3 is 0 Å². The normalized spacial score (nSPS) is 8.53. The zero-order valence-corrected chi connectivity index (χ0v) is 13.2. The second-order valence-electron chi connectivity index (χ2n) is 3.84. The molecule has 102 valence electrons. The first-order valence-electron chi connectivity index (χ1n) is 5.73. The standard InChI is InChI=1S/2C8H8O.Pt/c2*1-7(9)8-5-3-2-4-6-8;/h2*2-6H,1H3;. The molecule has 0 amide bonds. The molecule has 0 spiro atoms. The van der Waals surface area contributed by atoms with E-state index in [0.29, 0.717) is 0 Å². The summed E-state index contributed by atoms with van der Waals surface area (Å²) in [5.74, 6) is 0.242. The summed E-state index contributed by atoms with van der Waals surface area (Å²) < 4.78 is 0. The van der Waals surface area contributed by atoms with Crippen LogP contribution in [0.3, 0.4) is 0 Å². The number of carbonyl (C=O) groups excluding carboxylic acids is 2. The van der Waals surface area contributed by atoms with Crippen molar-refractivity contribution >= 4 is 11.6 Å². The number of carbonyl (C=O) groups is 2. The molecule has 19 heavy (non-hydrogen) atoms. The van der Waals surface area contributed by atoms with Crippen LogP contribution in [0.1, 0.15) is 34.6 Å². The Bertz CT molecular complexity index is 457. The molecule has 2 rings (SSSR count). The molecule has 0 saturated carbocycles. The van der Waals surface area contributed by atoms with Crippen LogP contribution in [-0.2, 0) is 21.1 Å². The van der Waals surface area contributed by atoms with Crippen molar-refractivity contribution in [2.75, 3.05) is 0 Å². The molecule has 0 N–H and O–H groups in total. The molecular formula is C16H16O2Pt. The predicted octanol–water partition coefficient (Wildman–Crippen LogP) is 3.78. The van der Waals surface area contributed by atoms with E-state index in [1.54, 1.807) is 13.8 Å². The minimum absolute atomic E-state index is 0. The number of rotatable bonds is 2. The third kappa shape index (κ3) is 6.83. The fourth-order valence-corrected chi connectivity index (χ4v) is 1.35. The van der Waals surface area contributed by atoms with Crippen LogP contribution >= 0.6 is 0 Å². The van der Waals surface area contributed by atoms with E-state index in [-0.39, 0.29) is 32.6 Å². The third-order valence-corrected chi connectivity index (χ3v) is 2.36. The molecule has 0 bridgehead atoms. The second kappa shape index (κ2) is 9.41. The van der Waals surface area contributed by atoms with E-state index in [1.807, 2.05) is 60.7 Å². The van der Waals surface area contributed by atoms with Gasteiger partial charge in [0.05, 0.1) is 0 Å². The van der Waals surface area contributed by atoms with Crippen molar-refractivity contribution in [3.05, 3.63) is 71.8 Å². The van der Waals surface area contributed by atoms with Gasteiger partial charge in [0.15, 0.2) is 11.6 Å². The third-order valence-electron chi connectivity index (χ3n) is 2.36. The maximum Gasteiger partial charge on any atom is 0.159 e. The van der Waals surface area contributed by atoms with Crippen LogP contribution in [0.15, 0.2) is 60.7 Å². The molecule has 2 aromatic rings. The summed E-state index contributed by atoms with van der Waals surface area (Å²) in [6, 6.07) is 18.5. The molecule has 0 unspecified atom stereocenters. The van der Waals surface area contributed by atoms with Crippen LogP contribution < -0.4 is 0 Å². The van der Waals surface area contributed by atoms with Gasteiger partial charge in [0, 0.05) is 32.2 Å². The Morgan fingerprint density at radius 2 is 0.895 bits per heavy atom. The van der Waals surface area contributed by atoms with Crippen molar-refractivity contribution in [3.63, 3.8) is 0 Å². The van der Waals surface area contributed by atoms with Gasteiger partial charge in [-0.25, -0.2) is 0 Å². The molecule has 0 aliphatic heterocycles. The van der Waals surface area contributed by atoms with Gasteiger partial charge in [0.25, 0.3) is 0 Å². The van der Waals surface area contributed by atoms with Crippen molar-refractivity contribution in [1.29, 1.82) is 0 Å². The van der Waals surface area contributed by atoms with Gasteiger partial charge < -0.3 is 0 Å². The molecule has 0 radical (unpaired) electrons. The van der Waals surface area contributed by atoms with Crippen molar-refractivity contribution < 1.29 is 30.7 Å². The Labute approximate surface area is 128 Å². The predicted molar refractivity (Wildman–Crippen MR) is 72.9 cm³/mol. The van der Waals surface area contributed by atoms with Crippen molar-refractivity contribution in [3.8, 4) is 0 Å². The maximum absolute atomic E-state index is 10.6. The van der Waals surface area contributed by atoms with E-state index < -0.39 is 0 Å². The second-order valence-corrected chi connectivity index (χ2v) is 3.84. The van der Waals surface area contributed by atoms with Gasteiger partial charge in [0.1, 0.15) is 0 Å². The Kier molecular flexibility index (Phi) is 8.65. The van der Waals surface area contributed by atoms with Crippen LogP contribution in [0.25, 0.3) is 0 Å². The summed E-state index contributed by atoms with van der Waals surface area (Å²) in [6.45, 7) is 3.13. The molecule has 2 nitrogen and oxygen atoms in total. The summed E-state index contributed by atoms with van der Waals surface area (Å²) in [5.41, 5.74) is 1.55. The molecular weight excluding hydrogens is 419 g/mol. The van der Waals surface area contributed by atoms with Crippen LogP contribution in [0.5, 0.6) is 0 Å². The van der Waals surface area contributed by atoms with E-state index in [1.165, 1.54) is 0 Å². The van der Waals surface area contributed by atoms with Gasteiger partial charge in [0.2, 0.25) is 0 Å². The van der Waals surface area contributed by atoms with E-state index in [4.69, 9.17) is 0 Å². The van der Waals surface area contributed by atoms with E-state index >= 15 is 0 Å². The summed E-state index contributed by atoms with van der Waals surface area (Å²) >= 11 is 0. The van der Waals surface area contributed by atoms with Crippen molar-refractivity contribution in [1.82, 2.24) is 0 Å². The average molecular weight is 435 g/mol. The maximum atomic E-state index is 10.6. The fraction of sp³-hybridized carbons (Fsp3) is 0.125. The number of hydrogen-bond donors (Lipinski definition) is 0. The smallest absolute Gasteiger partial charge is 0.159 e. The first-order valence-corrected chi connectivity index (χ1v) is 5.73. The number of benzene rings is 2. The SMILES string of the molecule is CC(=O)c1ccccc1.CC(=O)c1ccccc1.[Pt]. The van der Waals surface area contributed by atoms with Gasteiger partial charge in [-0.2, -0.15) is 0 Å². The van der Waals surface area contributed by atoms with E-state index in [2.05, 4.69) is 0 Å². The number of ketones is 2. The van der Waals surface area contributed by atoms with Crippen LogP contribution in [0, 0.1) is 0 Å². The molecule has 3 heteroatoms. The number of Topliss-reactive ketones (excluding diaryl/α,β-unsaturated/α-hetero) is 2. The molecule has 0 saturated heterocycles. The minimum atomic E-state index is 0. The number of hydrogen-bond acceptors (Lipinski definition) is 2. The monoisotopic (exact) mass is 435 g/mol. The topological polar surface area (TPSA) is 34.1 Å². The van der Waals surface area contributed by atoms with E-state index in [9.17, 15) is 9.59 Å². The summed E-state index contributed by atoms with van der Waals surface area (Å²) in [4.78, 5) is 21.3. The quantitative estimate of drug-likeness (QED) is 0.673. The largest absolute Gasteiger partial charge is 0.295 e. The van der Waals surface area contributed by atoms with Gasteiger partial charge in [-0.3, -0.25) is 9.59 Å². The zero-order valence-electron chi connectivity index (χ0n) is 10.9. The van der Waals surface area contributed by atoms with Crippen molar-refractivity contribution in [2.45, 2.75) is 13.8 Å². The summed E-state index contributed by atoms with van der Waals surface area (Å²) in [5, 5.41) is 0. The zero-order chi connectivity index (χ0) is 13.4. The Morgan fingerprint density at radius 3 is 1.05 bits per heavy atom. The minimum Gasteiger partial charge on any atom is -0.295 e. The molecule has 0 aliphatic carbocycles. The molecule has 0 heterocycles. The average Bonchev–Trinajstić information content (AvgIpc) is 2.41. The van der Waals surface area contributed by atoms with Crippen LogP contribution in [0.4, 0.5) is 0 Å². The van der Waals surface area contributed by atoms with Crippen LogP contribution in [-0.4, -0.2) is 11.6 Å². The first kappa shape index (κ1) is 17.5. The van der Waals surface area contributed by atoms with Gasteiger partial charge in [-0.1, -0.05) is 60.7 Å². The first-order chi connectivity index (χ1) is 8.61. The summed E-state index contributed by atoms with van der Waals surface area (Å²) in [6.07, 6.45) is 0. The molecule has 0 aromatic heterocycles. The summed E-state index contributed by atoms with van der Waals surface area (Å²) in [7, 11) is 0. The Balaban J connectivity index is 0.000000324. The van der Waals surface area contributed by atoms with Crippen LogP contribution in [0.2, 0.25) is 0 Å². The fourth-order valence-electron chi connectivity index (χ4n) is 1.35. The van der Waals surface area contributed by atoms with Gasteiger partial charge in [-0.05, 0) is 13.8 Å². The molecule has 0 fully saturated rings. The Morgan fingerprint density at radius 1 is 0.632 bits per heavy atom. The van der Waals surface area contributed by atoms with Gasteiger partial charge in [-0.15, -0.1) is 0 Å². The Hall–Kier alpha value is -1.53. The molecule has 0 aliphatic rings. The molecule has 2 aromatic carbocycles.